The van der Waals surface area contributed by atoms with Gasteiger partial charge in [0, 0.05) is 0 Å². The number of aliphatic hydroxyl groups is 3. The molecule has 1 aliphatic rings. The summed E-state index contributed by atoms with van der Waals surface area (Å²) in [6, 6.07) is 24.3. The van der Waals surface area contributed by atoms with E-state index < -0.39 is 36.6 Å². The Morgan fingerprint density at radius 1 is 0.486 bits per heavy atom. The van der Waals surface area contributed by atoms with Crippen LogP contribution < -0.4 is 9.47 Å². The maximum absolute atomic E-state index is 10.9. The van der Waals surface area contributed by atoms with Gasteiger partial charge < -0.3 is 39.0 Å². The second-order valence-electron chi connectivity index (χ2n) is 8.98. The molecule has 6 atom stereocenters. The number of aliphatic hydroxyl groups excluding tert-OH is 3. The summed E-state index contributed by atoms with van der Waals surface area (Å²) in [6.45, 7) is 0.527. The highest BCUT2D eigenvalue weighted by Crippen LogP contribution is 2.31. The Kier molecular flexibility index (Phi) is 9.51. The molecule has 0 radical (unpaired) electrons. The van der Waals surface area contributed by atoms with E-state index in [9.17, 15) is 15.3 Å². The molecule has 3 aromatic rings. The van der Waals surface area contributed by atoms with Crippen LogP contribution in [0.1, 0.15) is 16.7 Å². The van der Waals surface area contributed by atoms with Crippen molar-refractivity contribution in [2.45, 2.75) is 56.4 Å². The Morgan fingerprint density at radius 2 is 0.865 bits per heavy atom. The summed E-state index contributed by atoms with van der Waals surface area (Å²) < 4.78 is 28.8. The van der Waals surface area contributed by atoms with Crippen LogP contribution in [0, 0.1) is 0 Å². The maximum Gasteiger partial charge on any atom is 0.118 e. The molecule has 0 spiro atoms. The maximum atomic E-state index is 10.9. The van der Waals surface area contributed by atoms with E-state index >= 15 is 0 Å². The molecule has 0 bridgehead atoms. The van der Waals surface area contributed by atoms with Crippen LogP contribution in [0.3, 0.4) is 0 Å². The Labute approximate surface area is 217 Å². The van der Waals surface area contributed by atoms with Crippen LogP contribution in [-0.4, -0.2) is 66.2 Å². The molecule has 8 nitrogen and oxygen atoms in total. The van der Waals surface area contributed by atoms with Gasteiger partial charge in [0.25, 0.3) is 0 Å². The third-order valence-electron chi connectivity index (χ3n) is 6.51. The van der Waals surface area contributed by atoms with E-state index in [1.165, 1.54) is 0 Å². The first-order valence-corrected chi connectivity index (χ1v) is 12.2. The van der Waals surface area contributed by atoms with Gasteiger partial charge in [-0.3, -0.25) is 0 Å². The molecule has 198 valence electrons. The molecule has 4 rings (SSSR count). The second kappa shape index (κ2) is 13.0. The molecule has 0 heterocycles. The zero-order valence-electron chi connectivity index (χ0n) is 21.0. The molecule has 1 saturated carbocycles. The Balaban J connectivity index is 1.54. The lowest BCUT2D eigenvalue weighted by atomic mass is 9.84. The summed E-state index contributed by atoms with van der Waals surface area (Å²) in [6.07, 6.45) is -7.00. The molecular weight excluding hydrogens is 476 g/mol. The first-order chi connectivity index (χ1) is 18.0. The van der Waals surface area contributed by atoms with Crippen LogP contribution >= 0.6 is 0 Å². The van der Waals surface area contributed by atoms with Gasteiger partial charge in [-0.15, -0.1) is 0 Å². The van der Waals surface area contributed by atoms with Gasteiger partial charge in [0.15, 0.2) is 0 Å². The van der Waals surface area contributed by atoms with Gasteiger partial charge in [-0.1, -0.05) is 54.6 Å². The summed E-state index contributed by atoms with van der Waals surface area (Å²) in [5, 5.41) is 32.4. The van der Waals surface area contributed by atoms with Gasteiger partial charge in [0.1, 0.15) is 48.1 Å². The molecule has 0 aliphatic heterocycles. The van der Waals surface area contributed by atoms with Gasteiger partial charge in [0.2, 0.25) is 0 Å². The van der Waals surface area contributed by atoms with Crippen molar-refractivity contribution in [2.75, 3.05) is 14.2 Å². The first kappa shape index (κ1) is 27.1. The van der Waals surface area contributed by atoms with Crippen LogP contribution in [0.25, 0.3) is 0 Å². The largest absolute Gasteiger partial charge is 0.497 e. The van der Waals surface area contributed by atoms with Crippen molar-refractivity contribution in [3.8, 4) is 11.5 Å². The number of benzene rings is 3. The fraction of sp³-hybridized carbons (Fsp3) is 0.379. The fourth-order valence-electron chi connectivity index (χ4n) is 4.34. The predicted octanol–water partition coefficient (Wildman–Crippen LogP) is 2.86. The summed E-state index contributed by atoms with van der Waals surface area (Å²) in [7, 11) is 3.19. The standard InChI is InChI=1S/C29H34O8/c1-33-22-12-8-20(9-13-22)17-36-28-26(32)24(30)25(31)27(35-16-19-6-4-3-5-7-19)29(28)37-18-21-10-14-23(34-2)15-11-21/h3-15,24-32H,16-18H2,1-2H3/t24-,25+,26+,27+,28-,29-/m1/s1. The SMILES string of the molecule is COc1ccc(CO[C@H]2[C@H](OCc3ccc(OC)cc3)[C@@H](O)[C@H](O)[C@H](O)[C@@H]2OCc2ccccc2)cc1. The van der Waals surface area contributed by atoms with Crippen LogP contribution in [0.15, 0.2) is 78.9 Å². The number of methoxy groups -OCH3 is 2. The van der Waals surface area contributed by atoms with Crippen LogP contribution in [-0.2, 0) is 34.0 Å². The smallest absolute Gasteiger partial charge is 0.118 e. The van der Waals surface area contributed by atoms with E-state index in [-0.39, 0.29) is 19.8 Å². The minimum absolute atomic E-state index is 0.155. The number of hydrogen-bond acceptors (Lipinski definition) is 8. The highest BCUT2D eigenvalue weighted by Gasteiger charge is 2.51. The molecule has 0 amide bonds. The Morgan fingerprint density at radius 3 is 1.27 bits per heavy atom. The van der Waals surface area contributed by atoms with E-state index in [0.29, 0.717) is 0 Å². The topological polar surface area (TPSA) is 107 Å². The van der Waals surface area contributed by atoms with Crippen molar-refractivity contribution in [1.82, 2.24) is 0 Å². The van der Waals surface area contributed by atoms with Crippen LogP contribution in [0.4, 0.5) is 0 Å². The highest BCUT2D eigenvalue weighted by atomic mass is 16.6. The zero-order chi connectivity index (χ0) is 26.2. The van der Waals surface area contributed by atoms with Crippen molar-refractivity contribution in [1.29, 1.82) is 0 Å². The van der Waals surface area contributed by atoms with Crippen LogP contribution in [0.2, 0.25) is 0 Å². The zero-order valence-corrected chi connectivity index (χ0v) is 21.0. The molecule has 3 N–H and O–H groups in total. The van der Waals surface area contributed by atoms with Crippen molar-refractivity contribution >= 4 is 0 Å². The van der Waals surface area contributed by atoms with Gasteiger partial charge in [0.05, 0.1) is 34.0 Å². The fourth-order valence-corrected chi connectivity index (χ4v) is 4.34. The monoisotopic (exact) mass is 510 g/mol. The molecule has 0 unspecified atom stereocenters. The molecule has 1 fully saturated rings. The van der Waals surface area contributed by atoms with E-state index in [1.54, 1.807) is 14.2 Å². The number of hydrogen-bond donors (Lipinski definition) is 3. The van der Waals surface area contributed by atoms with Crippen LogP contribution in [0.5, 0.6) is 11.5 Å². The molecule has 8 heteroatoms. The minimum atomic E-state index is -1.47. The molecule has 37 heavy (non-hydrogen) atoms. The second-order valence-corrected chi connectivity index (χ2v) is 8.98. The third kappa shape index (κ3) is 6.87. The molecule has 3 aromatic carbocycles. The summed E-state index contributed by atoms with van der Waals surface area (Å²) in [5.41, 5.74) is 2.62. The van der Waals surface area contributed by atoms with Gasteiger partial charge in [-0.05, 0) is 41.0 Å². The summed E-state index contributed by atoms with van der Waals surface area (Å²) >= 11 is 0. The highest BCUT2D eigenvalue weighted by molar-refractivity contribution is 5.27. The molecule has 0 aromatic heterocycles. The van der Waals surface area contributed by atoms with E-state index in [4.69, 9.17) is 23.7 Å². The van der Waals surface area contributed by atoms with Crippen molar-refractivity contribution in [2.24, 2.45) is 0 Å². The van der Waals surface area contributed by atoms with E-state index in [0.717, 1.165) is 28.2 Å². The minimum Gasteiger partial charge on any atom is -0.497 e. The summed E-state index contributed by atoms with van der Waals surface area (Å²) in [5.74, 6) is 1.44. The number of ether oxygens (including phenoxy) is 5. The average Bonchev–Trinajstić information content (AvgIpc) is 2.95. The third-order valence-corrected chi connectivity index (χ3v) is 6.51. The van der Waals surface area contributed by atoms with Gasteiger partial charge >= 0.3 is 0 Å². The summed E-state index contributed by atoms with van der Waals surface area (Å²) in [4.78, 5) is 0. The Bertz CT molecular complexity index is 1070. The van der Waals surface area contributed by atoms with Crippen molar-refractivity contribution in [3.63, 3.8) is 0 Å². The lowest BCUT2D eigenvalue weighted by Crippen LogP contribution is -2.65. The quantitative estimate of drug-likeness (QED) is 0.362. The average molecular weight is 511 g/mol. The predicted molar refractivity (Wildman–Crippen MR) is 136 cm³/mol. The first-order valence-electron chi connectivity index (χ1n) is 12.2. The molecule has 1 aliphatic carbocycles. The normalized spacial score (nSPS) is 25.5. The van der Waals surface area contributed by atoms with E-state index in [2.05, 4.69) is 0 Å². The van der Waals surface area contributed by atoms with Gasteiger partial charge in [-0.25, -0.2) is 0 Å². The molecule has 0 saturated heterocycles. The Hall–Kier alpha value is -2.98. The van der Waals surface area contributed by atoms with Crippen molar-refractivity contribution in [3.05, 3.63) is 95.6 Å². The lowest BCUT2D eigenvalue weighted by molar-refractivity contribution is -0.263. The van der Waals surface area contributed by atoms with Crippen molar-refractivity contribution < 1.29 is 39.0 Å². The van der Waals surface area contributed by atoms with Gasteiger partial charge in [-0.2, -0.15) is 0 Å². The lowest BCUT2D eigenvalue weighted by Gasteiger charge is -2.45. The number of rotatable bonds is 11. The van der Waals surface area contributed by atoms with E-state index in [1.807, 2.05) is 78.9 Å². The molecular formula is C29H34O8.